The lowest BCUT2D eigenvalue weighted by Crippen LogP contribution is -2.50. The summed E-state index contributed by atoms with van der Waals surface area (Å²) < 4.78 is 1.97. The quantitative estimate of drug-likeness (QED) is 0.884. The third-order valence-corrected chi connectivity index (χ3v) is 3.83. The predicted octanol–water partition coefficient (Wildman–Crippen LogP) is 1.10. The van der Waals surface area contributed by atoms with Gasteiger partial charge in [-0.15, -0.1) is 0 Å². The van der Waals surface area contributed by atoms with Crippen molar-refractivity contribution in [1.82, 2.24) is 20.2 Å². The van der Waals surface area contributed by atoms with Crippen LogP contribution in [0.25, 0.3) is 0 Å². The summed E-state index contributed by atoms with van der Waals surface area (Å²) in [5.74, 6) is 0.0668. The summed E-state index contributed by atoms with van der Waals surface area (Å²) >= 11 is 0. The minimum atomic E-state index is -0.148. The minimum absolute atomic E-state index is 0.0668. The SMILES string of the molecule is CC(Cn1ccnc1)NC(=O)[C@@H]1Cc2ccccc2CN1. The maximum absolute atomic E-state index is 12.3. The fraction of sp³-hybridized carbons (Fsp3) is 0.375. The van der Waals surface area contributed by atoms with Gasteiger partial charge in [-0.1, -0.05) is 24.3 Å². The molecule has 1 aliphatic heterocycles. The average molecular weight is 284 g/mol. The topological polar surface area (TPSA) is 59.0 Å². The molecule has 3 rings (SSSR count). The molecule has 1 aromatic heterocycles. The summed E-state index contributed by atoms with van der Waals surface area (Å²) in [6, 6.07) is 8.20. The van der Waals surface area contributed by atoms with Gasteiger partial charge in [0.15, 0.2) is 0 Å². The van der Waals surface area contributed by atoms with Crippen molar-refractivity contribution in [2.75, 3.05) is 0 Å². The van der Waals surface area contributed by atoms with Gasteiger partial charge in [0.1, 0.15) is 0 Å². The predicted molar refractivity (Wildman–Crippen MR) is 80.6 cm³/mol. The van der Waals surface area contributed by atoms with Crippen molar-refractivity contribution in [3.8, 4) is 0 Å². The van der Waals surface area contributed by atoms with E-state index < -0.39 is 0 Å². The van der Waals surface area contributed by atoms with Crippen LogP contribution in [0.4, 0.5) is 0 Å². The van der Waals surface area contributed by atoms with Crippen LogP contribution in [-0.4, -0.2) is 27.5 Å². The molecule has 1 aliphatic rings. The number of carbonyl (C=O) groups excluding carboxylic acids is 1. The molecule has 1 unspecified atom stereocenters. The molecule has 1 aromatic carbocycles. The fourth-order valence-electron chi connectivity index (χ4n) is 2.74. The van der Waals surface area contributed by atoms with Crippen LogP contribution < -0.4 is 10.6 Å². The van der Waals surface area contributed by atoms with E-state index in [0.29, 0.717) is 0 Å². The average Bonchev–Trinajstić information content (AvgIpc) is 2.99. The molecule has 110 valence electrons. The second kappa shape index (κ2) is 6.10. The zero-order valence-electron chi connectivity index (χ0n) is 12.1. The number of aromatic nitrogens is 2. The first-order valence-corrected chi connectivity index (χ1v) is 7.28. The third kappa shape index (κ3) is 3.31. The maximum Gasteiger partial charge on any atom is 0.237 e. The zero-order valence-corrected chi connectivity index (χ0v) is 12.1. The molecule has 2 heterocycles. The molecule has 1 amide bonds. The number of rotatable bonds is 4. The summed E-state index contributed by atoms with van der Waals surface area (Å²) in [6.45, 7) is 3.49. The van der Waals surface area contributed by atoms with E-state index in [0.717, 1.165) is 19.5 Å². The number of amides is 1. The first kappa shape index (κ1) is 13.8. The van der Waals surface area contributed by atoms with Crippen LogP contribution in [0.2, 0.25) is 0 Å². The van der Waals surface area contributed by atoms with Crippen LogP contribution in [0.15, 0.2) is 43.0 Å². The second-order valence-electron chi connectivity index (χ2n) is 5.58. The van der Waals surface area contributed by atoms with Crippen molar-refractivity contribution < 1.29 is 4.79 Å². The van der Waals surface area contributed by atoms with E-state index in [2.05, 4.69) is 27.8 Å². The molecule has 5 heteroatoms. The molecular weight excluding hydrogens is 264 g/mol. The van der Waals surface area contributed by atoms with Gasteiger partial charge in [-0.3, -0.25) is 4.79 Å². The number of nitrogens with one attached hydrogen (secondary N) is 2. The number of carbonyl (C=O) groups is 1. The number of nitrogens with zero attached hydrogens (tertiary/aromatic N) is 2. The van der Waals surface area contributed by atoms with Crippen LogP contribution in [0.1, 0.15) is 18.1 Å². The molecule has 0 saturated heterocycles. The Balaban J connectivity index is 1.56. The highest BCUT2D eigenvalue weighted by Gasteiger charge is 2.24. The largest absolute Gasteiger partial charge is 0.350 e. The number of benzene rings is 1. The van der Waals surface area contributed by atoms with Crippen molar-refractivity contribution in [3.05, 3.63) is 54.1 Å². The normalized spacial score (nSPS) is 18.8. The van der Waals surface area contributed by atoms with Crippen LogP contribution >= 0.6 is 0 Å². The molecule has 2 atom stereocenters. The monoisotopic (exact) mass is 284 g/mol. The van der Waals surface area contributed by atoms with Gasteiger partial charge in [-0.05, 0) is 24.5 Å². The van der Waals surface area contributed by atoms with Gasteiger partial charge in [-0.25, -0.2) is 4.98 Å². The minimum Gasteiger partial charge on any atom is -0.350 e. The summed E-state index contributed by atoms with van der Waals surface area (Å²) in [7, 11) is 0. The second-order valence-corrected chi connectivity index (χ2v) is 5.58. The lowest BCUT2D eigenvalue weighted by Gasteiger charge is -2.26. The van der Waals surface area contributed by atoms with Crippen LogP contribution in [0, 0.1) is 0 Å². The molecule has 0 radical (unpaired) electrons. The highest BCUT2D eigenvalue weighted by Crippen LogP contribution is 2.16. The summed E-state index contributed by atoms with van der Waals surface area (Å²) in [5.41, 5.74) is 2.55. The Morgan fingerprint density at radius 1 is 1.48 bits per heavy atom. The lowest BCUT2D eigenvalue weighted by molar-refractivity contribution is -0.124. The molecule has 2 N–H and O–H groups in total. The molecule has 0 fully saturated rings. The molecular formula is C16H20N4O. The first-order valence-electron chi connectivity index (χ1n) is 7.28. The van der Waals surface area contributed by atoms with Crippen LogP contribution in [-0.2, 0) is 24.3 Å². The molecule has 5 nitrogen and oxygen atoms in total. The standard InChI is InChI=1S/C16H20N4O/c1-12(10-20-7-6-17-11-20)19-16(21)15-8-13-4-2-3-5-14(13)9-18-15/h2-7,11-12,15,18H,8-10H2,1H3,(H,19,21)/t12?,15-/m0/s1. The van der Waals surface area contributed by atoms with Gasteiger partial charge in [-0.2, -0.15) is 0 Å². The number of hydrogen-bond acceptors (Lipinski definition) is 3. The number of hydrogen-bond donors (Lipinski definition) is 2. The molecule has 0 bridgehead atoms. The molecule has 2 aromatic rings. The van der Waals surface area contributed by atoms with E-state index in [-0.39, 0.29) is 18.0 Å². The Morgan fingerprint density at radius 3 is 3.05 bits per heavy atom. The highest BCUT2D eigenvalue weighted by molar-refractivity contribution is 5.82. The molecule has 0 aliphatic carbocycles. The highest BCUT2D eigenvalue weighted by atomic mass is 16.2. The fourth-order valence-corrected chi connectivity index (χ4v) is 2.74. The maximum atomic E-state index is 12.3. The lowest BCUT2D eigenvalue weighted by atomic mass is 9.95. The van der Waals surface area contributed by atoms with E-state index >= 15 is 0 Å². The first-order chi connectivity index (χ1) is 10.2. The van der Waals surface area contributed by atoms with E-state index in [9.17, 15) is 4.79 Å². The summed E-state index contributed by atoms with van der Waals surface area (Å²) in [4.78, 5) is 16.4. The Kier molecular flexibility index (Phi) is 4.01. The van der Waals surface area contributed by atoms with E-state index in [1.165, 1.54) is 11.1 Å². The Morgan fingerprint density at radius 2 is 2.29 bits per heavy atom. The van der Waals surface area contributed by atoms with Gasteiger partial charge in [0, 0.05) is 31.5 Å². The van der Waals surface area contributed by atoms with Crippen LogP contribution in [0.3, 0.4) is 0 Å². The van der Waals surface area contributed by atoms with Crippen molar-refractivity contribution >= 4 is 5.91 Å². The zero-order chi connectivity index (χ0) is 14.7. The smallest absolute Gasteiger partial charge is 0.237 e. The Hall–Kier alpha value is -2.14. The van der Waals surface area contributed by atoms with Gasteiger partial charge in [0.25, 0.3) is 0 Å². The molecule has 0 saturated carbocycles. The Labute approximate surface area is 124 Å². The molecule has 21 heavy (non-hydrogen) atoms. The van der Waals surface area contributed by atoms with Gasteiger partial charge >= 0.3 is 0 Å². The van der Waals surface area contributed by atoms with Crippen molar-refractivity contribution in [1.29, 1.82) is 0 Å². The van der Waals surface area contributed by atoms with E-state index in [4.69, 9.17) is 0 Å². The number of imidazole rings is 1. The van der Waals surface area contributed by atoms with E-state index in [1.54, 1.807) is 12.5 Å². The third-order valence-electron chi connectivity index (χ3n) is 3.83. The van der Waals surface area contributed by atoms with E-state index in [1.807, 2.05) is 29.8 Å². The Bertz CT molecular complexity index is 608. The summed E-state index contributed by atoms with van der Waals surface area (Å²) in [5, 5.41) is 6.38. The van der Waals surface area contributed by atoms with Crippen molar-refractivity contribution in [2.45, 2.75) is 38.5 Å². The van der Waals surface area contributed by atoms with Crippen molar-refractivity contribution in [2.24, 2.45) is 0 Å². The van der Waals surface area contributed by atoms with Crippen LogP contribution in [0.5, 0.6) is 0 Å². The van der Waals surface area contributed by atoms with Gasteiger partial charge < -0.3 is 15.2 Å². The number of fused-ring (bicyclic) bond motifs is 1. The molecule has 0 spiro atoms. The van der Waals surface area contributed by atoms with Crippen molar-refractivity contribution in [3.63, 3.8) is 0 Å². The van der Waals surface area contributed by atoms with Gasteiger partial charge in [0.2, 0.25) is 5.91 Å². The van der Waals surface area contributed by atoms with Gasteiger partial charge in [0.05, 0.1) is 12.4 Å². The summed E-state index contributed by atoms with van der Waals surface area (Å²) in [6.07, 6.45) is 6.16.